The molecule has 0 aliphatic carbocycles. The number of benzene rings is 1. The van der Waals surface area contributed by atoms with E-state index < -0.39 is 9.84 Å². The van der Waals surface area contributed by atoms with Gasteiger partial charge in [-0.15, -0.1) is 0 Å². The highest BCUT2D eigenvalue weighted by atomic mass is 32.2. The van der Waals surface area contributed by atoms with Gasteiger partial charge >= 0.3 is 0 Å². The van der Waals surface area contributed by atoms with Gasteiger partial charge in [-0.2, -0.15) is 0 Å². The molecule has 106 valence electrons. The molecule has 1 aromatic rings. The Hall–Kier alpha value is -1.20. The van der Waals surface area contributed by atoms with Gasteiger partial charge in [0.2, 0.25) is 0 Å². The predicted octanol–water partition coefficient (Wildman–Crippen LogP) is 2.48. The zero-order chi connectivity index (χ0) is 14.7. The third kappa shape index (κ3) is 4.76. The first-order valence-electron chi connectivity index (χ1n) is 6.04. The summed E-state index contributed by atoms with van der Waals surface area (Å²) in [7, 11) is -1.68. The lowest BCUT2D eigenvalue weighted by molar-refractivity contribution is 0.0141. The summed E-state index contributed by atoms with van der Waals surface area (Å²) in [6, 6.07) is 6.14. The Morgan fingerprint density at radius 2 is 1.95 bits per heavy atom. The second-order valence-corrected chi connectivity index (χ2v) is 7.20. The minimum Gasteiger partial charge on any atom is -0.379 e. The molecular formula is C14H20O4S. The molecule has 0 N–H and O–H groups in total. The molecule has 0 radical (unpaired) electrons. The molecule has 0 aliphatic heterocycles. The lowest BCUT2D eigenvalue weighted by atomic mass is 9.98. The molecule has 4 nitrogen and oxygen atoms in total. The second-order valence-electron chi connectivity index (χ2n) is 5.19. The van der Waals surface area contributed by atoms with E-state index in [0.29, 0.717) is 18.4 Å². The van der Waals surface area contributed by atoms with Crippen molar-refractivity contribution in [3.63, 3.8) is 0 Å². The molecule has 1 rings (SSSR count). The minimum atomic E-state index is -3.28. The first-order chi connectivity index (χ1) is 8.65. The minimum absolute atomic E-state index is 0.0735. The molecule has 0 saturated heterocycles. The van der Waals surface area contributed by atoms with Gasteiger partial charge in [0.1, 0.15) is 0 Å². The van der Waals surface area contributed by atoms with Crippen LogP contribution in [0.4, 0.5) is 0 Å². The van der Waals surface area contributed by atoms with E-state index in [2.05, 4.69) is 0 Å². The molecule has 0 heterocycles. The standard InChI is InChI=1S/C14H20O4S/c1-14(2,18-3)9-8-13(15)11-6-5-7-12(10-11)19(4,16)17/h5-7,10H,8-9H2,1-4H3. The topological polar surface area (TPSA) is 60.4 Å². The predicted molar refractivity (Wildman–Crippen MR) is 74.2 cm³/mol. The highest BCUT2D eigenvalue weighted by Crippen LogP contribution is 2.19. The lowest BCUT2D eigenvalue weighted by Gasteiger charge is -2.22. The Kier molecular flexibility index (Phi) is 4.87. The summed E-state index contributed by atoms with van der Waals surface area (Å²) in [5.41, 5.74) is 0.0687. The number of carbonyl (C=O) groups is 1. The Balaban J connectivity index is 2.84. The van der Waals surface area contributed by atoms with Crippen LogP contribution in [0.15, 0.2) is 29.2 Å². The van der Waals surface area contributed by atoms with E-state index in [1.54, 1.807) is 19.2 Å². The molecule has 1 aromatic carbocycles. The summed E-state index contributed by atoms with van der Waals surface area (Å²) >= 11 is 0. The van der Waals surface area contributed by atoms with Crippen molar-refractivity contribution in [1.82, 2.24) is 0 Å². The number of methoxy groups -OCH3 is 1. The maximum atomic E-state index is 12.0. The van der Waals surface area contributed by atoms with E-state index >= 15 is 0 Å². The zero-order valence-corrected chi connectivity index (χ0v) is 12.6. The van der Waals surface area contributed by atoms with Gasteiger partial charge in [0.05, 0.1) is 10.5 Å². The van der Waals surface area contributed by atoms with Crippen molar-refractivity contribution in [3.8, 4) is 0 Å². The van der Waals surface area contributed by atoms with Gasteiger partial charge in [-0.3, -0.25) is 4.79 Å². The van der Waals surface area contributed by atoms with Crippen LogP contribution < -0.4 is 0 Å². The number of hydrogen-bond donors (Lipinski definition) is 0. The van der Waals surface area contributed by atoms with Crippen LogP contribution in [-0.4, -0.2) is 33.2 Å². The summed E-state index contributed by atoms with van der Waals surface area (Å²) in [6.07, 6.45) is 2.05. The molecule has 0 aromatic heterocycles. The zero-order valence-electron chi connectivity index (χ0n) is 11.8. The van der Waals surface area contributed by atoms with Crippen LogP contribution in [0.3, 0.4) is 0 Å². The summed E-state index contributed by atoms with van der Waals surface area (Å²) in [5, 5.41) is 0. The maximum Gasteiger partial charge on any atom is 0.175 e. The highest BCUT2D eigenvalue weighted by Gasteiger charge is 2.19. The van der Waals surface area contributed by atoms with Gasteiger partial charge in [0.25, 0.3) is 0 Å². The molecular weight excluding hydrogens is 264 g/mol. The van der Waals surface area contributed by atoms with Crippen LogP contribution in [0, 0.1) is 0 Å². The highest BCUT2D eigenvalue weighted by molar-refractivity contribution is 7.90. The van der Waals surface area contributed by atoms with E-state index in [4.69, 9.17) is 4.74 Å². The van der Waals surface area contributed by atoms with Gasteiger partial charge in [-0.05, 0) is 32.4 Å². The summed E-state index contributed by atoms with van der Waals surface area (Å²) in [4.78, 5) is 12.2. The first-order valence-corrected chi connectivity index (χ1v) is 7.93. The van der Waals surface area contributed by atoms with Crippen LogP contribution in [0.25, 0.3) is 0 Å². The molecule has 0 unspecified atom stereocenters. The molecule has 0 aliphatic rings. The maximum absolute atomic E-state index is 12.0. The van der Waals surface area contributed by atoms with Crippen LogP contribution in [0.5, 0.6) is 0 Å². The molecule has 0 amide bonds. The Morgan fingerprint density at radius 1 is 1.32 bits per heavy atom. The summed E-state index contributed by atoms with van der Waals surface area (Å²) in [5.74, 6) is -0.0735. The molecule has 0 fully saturated rings. The number of sulfone groups is 1. The third-order valence-corrected chi connectivity index (χ3v) is 4.20. The van der Waals surface area contributed by atoms with Crippen LogP contribution in [0.2, 0.25) is 0 Å². The van der Waals surface area contributed by atoms with Crippen LogP contribution in [-0.2, 0) is 14.6 Å². The van der Waals surface area contributed by atoms with Crippen molar-refractivity contribution in [1.29, 1.82) is 0 Å². The average Bonchev–Trinajstić information content (AvgIpc) is 2.35. The van der Waals surface area contributed by atoms with Gasteiger partial charge in [-0.25, -0.2) is 8.42 Å². The van der Waals surface area contributed by atoms with Crippen molar-refractivity contribution < 1.29 is 17.9 Å². The van der Waals surface area contributed by atoms with Crippen molar-refractivity contribution >= 4 is 15.6 Å². The quantitative estimate of drug-likeness (QED) is 0.753. The molecule has 19 heavy (non-hydrogen) atoms. The molecule has 0 saturated carbocycles. The molecule has 0 spiro atoms. The Bertz CT molecular complexity index is 559. The molecule has 0 bridgehead atoms. The number of ketones is 1. The van der Waals surface area contributed by atoms with Gasteiger partial charge < -0.3 is 4.74 Å². The summed E-state index contributed by atoms with van der Waals surface area (Å²) in [6.45, 7) is 3.82. The number of carbonyl (C=O) groups excluding carboxylic acids is 1. The van der Waals surface area contributed by atoms with Gasteiger partial charge in [-0.1, -0.05) is 12.1 Å². The Labute approximate surface area is 114 Å². The SMILES string of the molecule is COC(C)(C)CCC(=O)c1cccc(S(C)(=O)=O)c1. The summed E-state index contributed by atoms with van der Waals surface area (Å²) < 4.78 is 28.1. The van der Waals surface area contributed by atoms with E-state index in [1.807, 2.05) is 13.8 Å². The van der Waals surface area contributed by atoms with Crippen molar-refractivity contribution in [2.24, 2.45) is 0 Å². The van der Waals surface area contributed by atoms with Crippen LogP contribution in [0.1, 0.15) is 37.0 Å². The van der Waals surface area contributed by atoms with Gasteiger partial charge in [0, 0.05) is 25.3 Å². The van der Waals surface area contributed by atoms with E-state index in [-0.39, 0.29) is 16.3 Å². The molecule has 5 heteroatoms. The first kappa shape index (κ1) is 15.9. The fraction of sp³-hybridized carbons (Fsp3) is 0.500. The number of Topliss-reactive ketones (excluding diaryl/α,β-unsaturated/α-hetero) is 1. The normalized spacial score (nSPS) is 12.4. The second kappa shape index (κ2) is 5.84. The number of ether oxygens (including phenoxy) is 1. The van der Waals surface area contributed by atoms with Crippen LogP contribution >= 0.6 is 0 Å². The molecule has 0 atom stereocenters. The fourth-order valence-electron chi connectivity index (χ4n) is 1.56. The monoisotopic (exact) mass is 284 g/mol. The van der Waals surface area contributed by atoms with E-state index in [1.165, 1.54) is 12.1 Å². The lowest BCUT2D eigenvalue weighted by Crippen LogP contribution is -2.23. The van der Waals surface area contributed by atoms with E-state index in [0.717, 1.165) is 6.26 Å². The fourth-order valence-corrected chi connectivity index (χ4v) is 2.23. The largest absolute Gasteiger partial charge is 0.379 e. The van der Waals surface area contributed by atoms with E-state index in [9.17, 15) is 13.2 Å². The number of hydrogen-bond acceptors (Lipinski definition) is 4. The van der Waals surface area contributed by atoms with Crippen molar-refractivity contribution in [2.75, 3.05) is 13.4 Å². The number of rotatable bonds is 6. The average molecular weight is 284 g/mol. The van der Waals surface area contributed by atoms with Gasteiger partial charge in [0.15, 0.2) is 15.6 Å². The Morgan fingerprint density at radius 3 is 2.47 bits per heavy atom. The van der Waals surface area contributed by atoms with Crippen molar-refractivity contribution in [2.45, 2.75) is 37.2 Å². The van der Waals surface area contributed by atoms with Crippen molar-refractivity contribution in [3.05, 3.63) is 29.8 Å². The smallest absolute Gasteiger partial charge is 0.175 e. The third-order valence-electron chi connectivity index (χ3n) is 3.09.